The molecular weight excluding hydrogens is 492 g/mol. The monoisotopic (exact) mass is 518 g/mol. The molecule has 2 amide bonds. The summed E-state index contributed by atoms with van der Waals surface area (Å²) in [5.74, 6) is -0.878. The second kappa shape index (κ2) is 11.5. The number of amides is 2. The SMILES string of the molecule is Cc1c(/C=N/NC(=O)/C(=C\c2cccs2)NC(=O)c2ccccc2)c2ccccc2n1Cc1ccccc1. The van der Waals surface area contributed by atoms with Crippen molar-refractivity contribution in [3.63, 3.8) is 0 Å². The topological polar surface area (TPSA) is 75.5 Å². The van der Waals surface area contributed by atoms with E-state index in [1.165, 1.54) is 16.9 Å². The molecule has 2 aromatic heterocycles. The number of carbonyl (C=O) groups is 2. The van der Waals surface area contributed by atoms with Crippen LogP contribution in [0, 0.1) is 6.92 Å². The summed E-state index contributed by atoms with van der Waals surface area (Å²) in [5.41, 5.74) is 7.43. The van der Waals surface area contributed by atoms with Gasteiger partial charge in [0, 0.05) is 39.1 Å². The molecule has 5 aromatic rings. The molecule has 0 radical (unpaired) electrons. The minimum absolute atomic E-state index is 0.113. The van der Waals surface area contributed by atoms with Crippen LogP contribution < -0.4 is 10.7 Å². The first-order valence-corrected chi connectivity index (χ1v) is 13.0. The zero-order valence-corrected chi connectivity index (χ0v) is 21.6. The van der Waals surface area contributed by atoms with Gasteiger partial charge in [-0.3, -0.25) is 9.59 Å². The van der Waals surface area contributed by atoms with E-state index in [9.17, 15) is 9.59 Å². The zero-order valence-electron chi connectivity index (χ0n) is 20.8. The van der Waals surface area contributed by atoms with Crippen LogP contribution in [0.1, 0.15) is 32.1 Å². The minimum Gasteiger partial charge on any atom is -0.340 e. The number of thiophene rings is 1. The maximum absolute atomic E-state index is 13.1. The summed E-state index contributed by atoms with van der Waals surface area (Å²) in [5, 5.41) is 9.96. The van der Waals surface area contributed by atoms with Crippen LogP contribution >= 0.6 is 11.3 Å². The van der Waals surface area contributed by atoms with Crippen LogP contribution in [-0.2, 0) is 11.3 Å². The molecule has 0 unspecified atom stereocenters. The van der Waals surface area contributed by atoms with E-state index < -0.39 is 5.91 Å². The molecule has 0 atom stereocenters. The Labute approximate surface area is 224 Å². The van der Waals surface area contributed by atoms with Crippen molar-refractivity contribution < 1.29 is 9.59 Å². The predicted octanol–water partition coefficient (Wildman–Crippen LogP) is 5.98. The lowest BCUT2D eigenvalue weighted by molar-refractivity contribution is -0.117. The Kier molecular flexibility index (Phi) is 7.57. The molecule has 0 aliphatic heterocycles. The number of benzene rings is 3. The van der Waals surface area contributed by atoms with Crippen LogP contribution in [-0.4, -0.2) is 22.6 Å². The molecule has 2 heterocycles. The average molecular weight is 519 g/mol. The number of rotatable bonds is 8. The summed E-state index contributed by atoms with van der Waals surface area (Å²) in [6, 6.07) is 31.0. The number of aromatic nitrogens is 1. The molecule has 3 aromatic carbocycles. The summed E-state index contributed by atoms with van der Waals surface area (Å²) in [6.45, 7) is 2.78. The van der Waals surface area contributed by atoms with Crippen molar-refractivity contribution in [2.24, 2.45) is 5.10 Å². The van der Waals surface area contributed by atoms with E-state index in [4.69, 9.17) is 0 Å². The second-order valence-corrected chi connectivity index (χ2v) is 9.66. The average Bonchev–Trinajstić information content (AvgIpc) is 3.56. The van der Waals surface area contributed by atoms with Gasteiger partial charge in [-0.15, -0.1) is 11.3 Å². The molecule has 0 bridgehead atoms. The Balaban J connectivity index is 1.39. The van der Waals surface area contributed by atoms with Crippen molar-refractivity contribution in [1.29, 1.82) is 0 Å². The molecule has 0 aliphatic rings. The predicted molar refractivity (Wildman–Crippen MR) is 154 cm³/mol. The lowest BCUT2D eigenvalue weighted by Gasteiger charge is -2.09. The van der Waals surface area contributed by atoms with Crippen molar-refractivity contribution in [3.05, 3.63) is 135 Å². The first-order chi connectivity index (χ1) is 18.6. The standard InChI is InChI=1S/C31H26N4O2S/c1-22-27(26-16-8-9-17-29(26)35(22)21-23-11-4-2-5-12-23)20-32-34-31(37)28(19-25-15-10-18-38-25)33-30(36)24-13-6-3-7-14-24/h2-20H,21H2,1H3,(H,33,36)(H,34,37)/b28-19+,32-20+. The normalized spacial score (nSPS) is 11.7. The number of nitrogens with zero attached hydrogens (tertiary/aromatic N) is 2. The van der Waals surface area contributed by atoms with Gasteiger partial charge in [0.25, 0.3) is 11.8 Å². The van der Waals surface area contributed by atoms with Crippen molar-refractivity contribution in [3.8, 4) is 0 Å². The third-order valence-corrected chi connectivity index (χ3v) is 7.00. The molecule has 0 saturated heterocycles. The molecule has 6 nitrogen and oxygen atoms in total. The Hall–Kier alpha value is -4.75. The van der Waals surface area contributed by atoms with Gasteiger partial charge in [-0.25, -0.2) is 5.43 Å². The van der Waals surface area contributed by atoms with Crippen LogP contribution in [0.3, 0.4) is 0 Å². The van der Waals surface area contributed by atoms with E-state index in [1.54, 1.807) is 36.6 Å². The summed E-state index contributed by atoms with van der Waals surface area (Å²) in [7, 11) is 0. The van der Waals surface area contributed by atoms with E-state index in [2.05, 4.69) is 44.7 Å². The minimum atomic E-state index is -0.510. The van der Waals surface area contributed by atoms with E-state index in [0.717, 1.165) is 33.6 Å². The first kappa shape index (κ1) is 24.9. The number of hydrazone groups is 1. The Morgan fingerprint density at radius 2 is 1.61 bits per heavy atom. The van der Waals surface area contributed by atoms with Gasteiger partial charge >= 0.3 is 0 Å². The number of hydrogen-bond acceptors (Lipinski definition) is 4. The fraction of sp³-hybridized carbons (Fsp3) is 0.0645. The molecular formula is C31H26N4O2S. The second-order valence-electron chi connectivity index (χ2n) is 8.68. The van der Waals surface area contributed by atoms with Crippen LogP contribution in [0.4, 0.5) is 0 Å². The highest BCUT2D eigenvalue weighted by Crippen LogP contribution is 2.25. The maximum atomic E-state index is 13.1. The van der Waals surface area contributed by atoms with E-state index in [1.807, 2.05) is 60.8 Å². The summed E-state index contributed by atoms with van der Waals surface area (Å²) in [6.07, 6.45) is 3.31. The van der Waals surface area contributed by atoms with E-state index in [-0.39, 0.29) is 11.6 Å². The summed E-state index contributed by atoms with van der Waals surface area (Å²) in [4.78, 5) is 26.7. The lowest BCUT2D eigenvalue weighted by atomic mass is 10.1. The van der Waals surface area contributed by atoms with Crippen LogP contribution in [0.5, 0.6) is 0 Å². The fourth-order valence-electron chi connectivity index (χ4n) is 4.26. The smallest absolute Gasteiger partial charge is 0.287 e. The summed E-state index contributed by atoms with van der Waals surface area (Å²) >= 11 is 1.47. The van der Waals surface area contributed by atoms with Gasteiger partial charge in [0.05, 0.1) is 6.21 Å². The van der Waals surface area contributed by atoms with Crippen LogP contribution in [0.15, 0.2) is 113 Å². The highest BCUT2D eigenvalue weighted by Gasteiger charge is 2.16. The van der Waals surface area contributed by atoms with Crippen molar-refractivity contribution in [2.75, 3.05) is 0 Å². The van der Waals surface area contributed by atoms with Gasteiger partial charge in [-0.1, -0.05) is 72.8 Å². The van der Waals surface area contributed by atoms with Crippen LogP contribution in [0.25, 0.3) is 17.0 Å². The van der Waals surface area contributed by atoms with Crippen molar-refractivity contribution >= 4 is 46.3 Å². The van der Waals surface area contributed by atoms with E-state index in [0.29, 0.717) is 5.56 Å². The van der Waals surface area contributed by atoms with Gasteiger partial charge in [0.15, 0.2) is 0 Å². The largest absolute Gasteiger partial charge is 0.340 e. The number of nitrogens with one attached hydrogen (secondary N) is 2. The van der Waals surface area contributed by atoms with Gasteiger partial charge in [-0.05, 0) is 48.2 Å². The summed E-state index contributed by atoms with van der Waals surface area (Å²) < 4.78 is 2.25. The first-order valence-electron chi connectivity index (χ1n) is 12.2. The van der Waals surface area contributed by atoms with Crippen molar-refractivity contribution in [2.45, 2.75) is 13.5 Å². The van der Waals surface area contributed by atoms with Gasteiger partial charge in [0.1, 0.15) is 5.70 Å². The maximum Gasteiger partial charge on any atom is 0.287 e. The lowest BCUT2D eigenvalue weighted by Crippen LogP contribution is -2.32. The van der Waals surface area contributed by atoms with Gasteiger partial charge < -0.3 is 9.88 Å². The highest BCUT2D eigenvalue weighted by molar-refractivity contribution is 7.10. The molecule has 7 heteroatoms. The number of fused-ring (bicyclic) bond motifs is 1. The quantitative estimate of drug-likeness (QED) is 0.151. The van der Waals surface area contributed by atoms with Gasteiger partial charge in [-0.2, -0.15) is 5.10 Å². The number of hydrogen-bond donors (Lipinski definition) is 2. The number of para-hydroxylation sites is 1. The molecule has 188 valence electrons. The molecule has 0 aliphatic carbocycles. The Bertz CT molecular complexity index is 1620. The third kappa shape index (κ3) is 5.63. The van der Waals surface area contributed by atoms with Crippen molar-refractivity contribution in [1.82, 2.24) is 15.3 Å². The zero-order chi connectivity index (χ0) is 26.3. The molecule has 2 N–H and O–H groups in total. The Morgan fingerprint density at radius 3 is 2.34 bits per heavy atom. The Morgan fingerprint density at radius 1 is 0.895 bits per heavy atom. The van der Waals surface area contributed by atoms with E-state index >= 15 is 0 Å². The molecule has 5 rings (SSSR count). The molecule has 0 saturated carbocycles. The van der Waals surface area contributed by atoms with Crippen LogP contribution in [0.2, 0.25) is 0 Å². The van der Waals surface area contributed by atoms with Gasteiger partial charge in [0.2, 0.25) is 0 Å². The highest BCUT2D eigenvalue weighted by atomic mass is 32.1. The molecule has 0 fully saturated rings. The molecule has 38 heavy (non-hydrogen) atoms. The fourth-order valence-corrected chi connectivity index (χ4v) is 4.92. The molecule has 0 spiro atoms. The third-order valence-electron chi connectivity index (χ3n) is 6.18. The number of carbonyl (C=O) groups excluding carboxylic acids is 2.